The SMILES string of the molecule is CCc1ccc(N(c2ccccc2)c2ccc(N(c3ccc(C)cc3)c3ccc(C)cc3)cc2)cc1. The molecule has 0 atom stereocenters. The van der Waals surface area contributed by atoms with Gasteiger partial charge in [-0.15, -0.1) is 0 Å². The zero-order valence-electron chi connectivity index (χ0n) is 21.2. The minimum absolute atomic E-state index is 1.04. The van der Waals surface area contributed by atoms with Crippen LogP contribution in [0.2, 0.25) is 0 Å². The van der Waals surface area contributed by atoms with Crippen molar-refractivity contribution in [1.29, 1.82) is 0 Å². The zero-order chi connectivity index (χ0) is 24.9. The molecule has 0 saturated carbocycles. The number of aryl methyl sites for hydroxylation is 3. The zero-order valence-corrected chi connectivity index (χ0v) is 21.2. The second-order valence-electron chi connectivity index (χ2n) is 9.21. The molecular formula is C34H32N2. The largest absolute Gasteiger partial charge is 0.311 e. The highest BCUT2D eigenvalue weighted by Gasteiger charge is 2.15. The summed E-state index contributed by atoms with van der Waals surface area (Å²) in [5, 5.41) is 0. The predicted molar refractivity (Wildman–Crippen MR) is 155 cm³/mol. The molecule has 36 heavy (non-hydrogen) atoms. The smallest absolute Gasteiger partial charge is 0.0463 e. The molecule has 0 aliphatic rings. The number of anilines is 6. The van der Waals surface area contributed by atoms with E-state index in [1.807, 2.05) is 0 Å². The Labute approximate surface area is 215 Å². The van der Waals surface area contributed by atoms with Crippen molar-refractivity contribution < 1.29 is 0 Å². The van der Waals surface area contributed by atoms with Crippen LogP contribution >= 0.6 is 0 Å². The molecule has 178 valence electrons. The number of benzene rings is 5. The highest BCUT2D eigenvalue weighted by molar-refractivity contribution is 5.81. The molecule has 0 saturated heterocycles. The second-order valence-corrected chi connectivity index (χ2v) is 9.21. The number of hydrogen-bond acceptors (Lipinski definition) is 2. The minimum atomic E-state index is 1.04. The van der Waals surface area contributed by atoms with Crippen molar-refractivity contribution >= 4 is 34.1 Å². The van der Waals surface area contributed by atoms with E-state index in [-0.39, 0.29) is 0 Å². The number of rotatable bonds is 7. The summed E-state index contributed by atoms with van der Waals surface area (Å²) in [6.07, 6.45) is 1.04. The lowest BCUT2D eigenvalue weighted by Gasteiger charge is -2.28. The summed E-state index contributed by atoms with van der Waals surface area (Å²) >= 11 is 0. The molecule has 0 N–H and O–H groups in total. The summed E-state index contributed by atoms with van der Waals surface area (Å²) in [4.78, 5) is 4.62. The Kier molecular flexibility index (Phi) is 6.86. The molecule has 0 aliphatic heterocycles. The molecule has 0 bridgehead atoms. The van der Waals surface area contributed by atoms with Crippen molar-refractivity contribution in [3.8, 4) is 0 Å². The lowest BCUT2D eigenvalue weighted by atomic mass is 10.1. The van der Waals surface area contributed by atoms with E-state index in [4.69, 9.17) is 0 Å². The Balaban J connectivity index is 1.56. The fourth-order valence-corrected chi connectivity index (χ4v) is 4.49. The van der Waals surface area contributed by atoms with Crippen LogP contribution in [0, 0.1) is 13.8 Å². The van der Waals surface area contributed by atoms with E-state index >= 15 is 0 Å². The van der Waals surface area contributed by atoms with Crippen molar-refractivity contribution in [2.75, 3.05) is 9.80 Å². The molecule has 0 fully saturated rings. The topological polar surface area (TPSA) is 6.48 Å². The van der Waals surface area contributed by atoms with Gasteiger partial charge in [0.05, 0.1) is 0 Å². The first kappa shape index (κ1) is 23.4. The van der Waals surface area contributed by atoms with E-state index in [9.17, 15) is 0 Å². The van der Waals surface area contributed by atoms with E-state index in [1.165, 1.54) is 16.7 Å². The van der Waals surface area contributed by atoms with Gasteiger partial charge in [-0.05, 0) is 98.6 Å². The highest BCUT2D eigenvalue weighted by atomic mass is 15.2. The number of nitrogens with zero attached hydrogens (tertiary/aromatic N) is 2. The molecule has 5 aromatic carbocycles. The van der Waals surface area contributed by atoms with Crippen LogP contribution in [0.25, 0.3) is 0 Å². The van der Waals surface area contributed by atoms with Gasteiger partial charge in [0.25, 0.3) is 0 Å². The van der Waals surface area contributed by atoms with Crippen LogP contribution in [0.1, 0.15) is 23.6 Å². The van der Waals surface area contributed by atoms with Gasteiger partial charge in [-0.25, -0.2) is 0 Å². The maximum Gasteiger partial charge on any atom is 0.0463 e. The predicted octanol–water partition coefficient (Wildman–Crippen LogP) is 9.81. The van der Waals surface area contributed by atoms with Gasteiger partial charge in [-0.3, -0.25) is 0 Å². The summed E-state index contributed by atoms with van der Waals surface area (Å²) in [6.45, 7) is 6.44. The van der Waals surface area contributed by atoms with Gasteiger partial charge in [-0.2, -0.15) is 0 Å². The van der Waals surface area contributed by atoms with Gasteiger partial charge < -0.3 is 9.80 Å². The lowest BCUT2D eigenvalue weighted by molar-refractivity contribution is 1.14. The molecule has 0 spiro atoms. The molecule has 0 aromatic heterocycles. The van der Waals surface area contributed by atoms with Gasteiger partial charge >= 0.3 is 0 Å². The summed E-state index contributed by atoms with van der Waals surface area (Å²) in [5.74, 6) is 0. The van der Waals surface area contributed by atoms with Crippen LogP contribution in [-0.4, -0.2) is 0 Å². The van der Waals surface area contributed by atoms with Crippen molar-refractivity contribution in [3.05, 3.63) is 144 Å². The quantitative estimate of drug-likeness (QED) is 0.234. The van der Waals surface area contributed by atoms with Crippen LogP contribution < -0.4 is 9.80 Å². The van der Waals surface area contributed by atoms with Gasteiger partial charge in [0.1, 0.15) is 0 Å². The van der Waals surface area contributed by atoms with E-state index in [0.29, 0.717) is 0 Å². The van der Waals surface area contributed by atoms with Crippen LogP contribution in [0.15, 0.2) is 127 Å². The summed E-state index contributed by atoms with van der Waals surface area (Å²) in [6, 6.07) is 45.7. The molecule has 0 aliphatic carbocycles. The van der Waals surface area contributed by atoms with Gasteiger partial charge in [0, 0.05) is 34.1 Å². The van der Waals surface area contributed by atoms with E-state index < -0.39 is 0 Å². The fourth-order valence-electron chi connectivity index (χ4n) is 4.49. The average Bonchev–Trinajstić information content (AvgIpc) is 2.93. The van der Waals surface area contributed by atoms with Gasteiger partial charge in [0.2, 0.25) is 0 Å². The Hall–Kier alpha value is -4.30. The van der Waals surface area contributed by atoms with Gasteiger partial charge in [0.15, 0.2) is 0 Å². The Morgan fingerprint density at radius 3 is 1.06 bits per heavy atom. The highest BCUT2D eigenvalue weighted by Crippen LogP contribution is 2.39. The summed E-state index contributed by atoms with van der Waals surface area (Å²) < 4.78 is 0. The molecule has 0 heterocycles. The summed E-state index contributed by atoms with van der Waals surface area (Å²) in [5.41, 5.74) is 10.7. The van der Waals surface area contributed by atoms with Crippen molar-refractivity contribution in [2.45, 2.75) is 27.2 Å². The Morgan fingerprint density at radius 2 is 0.694 bits per heavy atom. The van der Waals surface area contributed by atoms with Crippen molar-refractivity contribution in [3.63, 3.8) is 0 Å². The minimum Gasteiger partial charge on any atom is -0.311 e. The fraction of sp³-hybridized carbons (Fsp3) is 0.118. The van der Waals surface area contributed by atoms with E-state index in [2.05, 4.69) is 158 Å². The van der Waals surface area contributed by atoms with E-state index in [1.54, 1.807) is 0 Å². The van der Waals surface area contributed by atoms with E-state index in [0.717, 1.165) is 40.5 Å². The molecule has 0 amide bonds. The first-order chi connectivity index (χ1) is 17.6. The third-order valence-electron chi connectivity index (χ3n) is 6.57. The third-order valence-corrected chi connectivity index (χ3v) is 6.57. The van der Waals surface area contributed by atoms with Gasteiger partial charge in [-0.1, -0.05) is 72.6 Å². The molecule has 0 unspecified atom stereocenters. The van der Waals surface area contributed by atoms with Crippen LogP contribution in [-0.2, 0) is 6.42 Å². The van der Waals surface area contributed by atoms with Crippen LogP contribution in [0.3, 0.4) is 0 Å². The molecule has 0 radical (unpaired) electrons. The monoisotopic (exact) mass is 468 g/mol. The average molecular weight is 469 g/mol. The molecule has 5 rings (SSSR count). The molecule has 2 nitrogen and oxygen atoms in total. The lowest BCUT2D eigenvalue weighted by Crippen LogP contribution is -2.12. The normalized spacial score (nSPS) is 10.8. The maximum atomic E-state index is 2.31. The first-order valence-corrected chi connectivity index (χ1v) is 12.6. The van der Waals surface area contributed by atoms with Crippen LogP contribution in [0.4, 0.5) is 34.1 Å². The third kappa shape index (κ3) is 5.04. The number of hydrogen-bond donors (Lipinski definition) is 0. The Bertz CT molecular complexity index is 1340. The maximum absolute atomic E-state index is 2.31. The molecule has 2 heteroatoms. The van der Waals surface area contributed by atoms with Crippen molar-refractivity contribution in [2.24, 2.45) is 0 Å². The molecule has 5 aromatic rings. The summed E-state index contributed by atoms with van der Waals surface area (Å²) in [7, 11) is 0. The standard InChI is InChI=1S/C34H32N2/c1-4-28-14-20-32(21-15-28)35(29-8-6-5-7-9-29)33-22-24-34(25-23-33)36(30-16-10-26(2)11-17-30)31-18-12-27(3)13-19-31/h5-25H,4H2,1-3H3. The Morgan fingerprint density at radius 1 is 0.389 bits per heavy atom. The molecular weight excluding hydrogens is 436 g/mol. The van der Waals surface area contributed by atoms with Crippen LogP contribution in [0.5, 0.6) is 0 Å². The number of para-hydroxylation sites is 1. The first-order valence-electron chi connectivity index (χ1n) is 12.6. The van der Waals surface area contributed by atoms with Crippen molar-refractivity contribution in [1.82, 2.24) is 0 Å². The second kappa shape index (κ2) is 10.5.